The van der Waals surface area contributed by atoms with Crippen LogP contribution >= 0.6 is 11.6 Å². The number of nitrogens with zero attached hydrogens (tertiary/aromatic N) is 1. The normalized spacial score (nSPS) is 13.1. The van der Waals surface area contributed by atoms with Gasteiger partial charge in [0.05, 0.1) is 0 Å². The first-order chi connectivity index (χ1) is 10.1. The van der Waals surface area contributed by atoms with Crippen molar-refractivity contribution in [2.45, 2.75) is 58.5 Å². The van der Waals surface area contributed by atoms with E-state index in [4.69, 9.17) is 11.6 Å². The van der Waals surface area contributed by atoms with Crippen LogP contribution in [0.4, 0.5) is 0 Å². The third-order valence-electron chi connectivity index (χ3n) is 4.11. The SMILES string of the molecule is CCCCCN(CCC(NC)c1ccccc1Cl)C(C)C. The first-order valence-electron chi connectivity index (χ1n) is 8.25. The predicted octanol–water partition coefficient (Wildman–Crippen LogP) is 4.89. The minimum absolute atomic E-state index is 0.325. The zero-order valence-electron chi connectivity index (χ0n) is 14.0. The molecule has 3 heteroatoms. The van der Waals surface area contributed by atoms with Crippen molar-refractivity contribution in [1.82, 2.24) is 10.2 Å². The van der Waals surface area contributed by atoms with Crippen LogP contribution in [0.25, 0.3) is 0 Å². The number of rotatable bonds is 10. The van der Waals surface area contributed by atoms with E-state index in [-0.39, 0.29) is 0 Å². The molecule has 2 nitrogen and oxygen atoms in total. The zero-order valence-corrected chi connectivity index (χ0v) is 14.8. The monoisotopic (exact) mass is 310 g/mol. The number of halogens is 1. The summed E-state index contributed by atoms with van der Waals surface area (Å²) >= 11 is 6.32. The Labute approximate surface area is 135 Å². The molecule has 0 bridgehead atoms. The van der Waals surface area contributed by atoms with Crippen LogP contribution in [0.1, 0.15) is 58.1 Å². The van der Waals surface area contributed by atoms with Crippen molar-refractivity contribution in [1.29, 1.82) is 0 Å². The van der Waals surface area contributed by atoms with Gasteiger partial charge in [-0.25, -0.2) is 0 Å². The van der Waals surface area contributed by atoms with Crippen molar-refractivity contribution in [3.8, 4) is 0 Å². The van der Waals surface area contributed by atoms with E-state index >= 15 is 0 Å². The van der Waals surface area contributed by atoms with Crippen molar-refractivity contribution in [2.24, 2.45) is 0 Å². The maximum absolute atomic E-state index is 6.32. The molecule has 0 saturated carbocycles. The number of hydrogen-bond acceptors (Lipinski definition) is 2. The largest absolute Gasteiger partial charge is 0.313 e. The van der Waals surface area contributed by atoms with Crippen LogP contribution in [-0.4, -0.2) is 31.1 Å². The van der Waals surface area contributed by atoms with Gasteiger partial charge < -0.3 is 10.2 Å². The second kappa shape index (κ2) is 10.2. The fraction of sp³-hybridized carbons (Fsp3) is 0.667. The van der Waals surface area contributed by atoms with E-state index in [1.54, 1.807) is 0 Å². The van der Waals surface area contributed by atoms with Gasteiger partial charge >= 0.3 is 0 Å². The van der Waals surface area contributed by atoms with E-state index in [2.05, 4.69) is 43.1 Å². The quantitative estimate of drug-likeness (QED) is 0.619. The Hall–Kier alpha value is -0.570. The van der Waals surface area contributed by atoms with Gasteiger partial charge in [0.25, 0.3) is 0 Å². The molecule has 0 fully saturated rings. The van der Waals surface area contributed by atoms with Crippen LogP contribution in [0.2, 0.25) is 5.02 Å². The Kier molecular flexibility index (Phi) is 8.98. The highest BCUT2D eigenvalue weighted by atomic mass is 35.5. The lowest BCUT2D eigenvalue weighted by Gasteiger charge is -2.29. The summed E-state index contributed by atoms with van der Waals surface area (Å²) in [5.41, 5.74) is 1.21. The lowest BCUT2D eigenvalue weighted by atomic mass is 10.0. The van der Waals surface area contributed by atoms with Crippen LogP contribution in [0.15, 0.2) is 24.3 Å². The summed E-state index contributed by atoms with van der Waals surface area (Å²) in [6, 6.07) is 9.08. The van der Waals surface area contributed by atoms with E-state index in [0.29, 0.717) is 12.1 Å². The Morgan fingerprint density at radius 2 is 1.86 bits per heavy atom. The third-order valence-corrected chi connectivity index (χ3v) is 4.46. The first kappa shape index (κ1) is 18.5. The number of nitrogens with one attached hydrogen (secondary N) is 1. The zero-order chi connectivity index (χ0) is 15.7. The van der Waals surface area contributed by atoms with Crippen molar-refractivity contribution in [3.63, 3.8) is 0 Å². The van der Waals surface area contributed by atoms with Gasteiger partial charge in [0, 0.05) is 23.7 Å². The van der Waals surface area contributed by atoms with Gasteiger partial charge in [-0.05, 0) is 51.9 Å². The molecule has 0 aliphatic heterocycles. The molecule has 1 unspecified atom stereocenters. The molecule has 0 aliphatic carbocycles. The van der Waals surface area contributed by atoms with Crippen LogP contribution in [0.5, 0.6) is 0 Å². The Morgan fingerprint density at radius 3 is 2.43 bits per heavy atom. The van der Waals surface area contributed by atoms with Crippen molar-refractivity contribution < 1.29 is 0 Å². The molecule has 1 aromatic carbocycles. The van der Waals surface area contributed by atoms with E-state index in [1.807, 2.05) is 19.2 Å². The average molecular weight is 311 g/mol. The molecule has 21 heavy (non-hydrogen) atoms. The summed E-state index contributed by atoms with van der Waals surface area (Å²) in [4.78, 5) is 2.58. The fourth-order valence-electron chi connectivity index (χ4n) is 2.70. The summed E-state index contributed by atoms with van der Waals surface area (Å²) in [6.45, 7) is 9.14. The molecule has 0 saturated heterocycles. The molecule has 0 aliphatic rings. The molecular weight excluding hydrogens is 280 g/mol. The average Bonchev–Trinajstić information content (AvgIpc) is 2.47. The van der Waals surface area contributed by atoms with Gasteiger partial charge in [-0.1, -0.05) is 49.6 Å². The molecule has 1 rings (SSSR count). The highest BCUT2D eigenvalue weighted by molar-refractivity contribution is 6.31. The maximum Gasteiger partial charge on any atom is 0.0453 e. The first-order valence-corrected chi connectivity index (χ1v) is 8.63. The summed E-state index contributed by atoms with van der Waals surface area (Å²) in [7, 11) is 2.02. The second-order valence-corrected chi connectivity index (χ2v) is 6.40. The smallest absolute Gasteiger partial charge is 0.0453 e. The Morgan fingerprint density at radius 1 is 1.14 bits per heavy atom. The fourth-order valence-corrected chi connectivity index (χ4v) is 2.97. The maximum atomic E-state index is 6.32. The van der Waals surface area contributed by atoms with E-state index in [1.165, 1.54) is 31.4 Å². The van der Waals surface area contributed by atoms with E-state index in [9.17, 15) is 0 Å². The molecule has 120 valence electrons. The number of unbranched alkanes of at least 4 members (excludes halogenated alkanes) is 2. The molecule has 0 amide bonds. The molecule has 1 atom stereocenters. The summed E-state index contributed by atoms with van der Waals surface area (Å²) < 4.78 is 0. The van der Waals surface area contributed by atoms with Gasteiger partial charge in [0.15, 0.2) is 0 Å². The second-order valence-electron chi connectivity index (χ2n) is 5.99. The highest BCUT2D eigenvalue weighted by Crippen LogP contribution is 2.25. The van der Waals surface area contributed by atoms with Crippen LogP contribution in [-0.2, 0) is 0 Å². The Bertz CT molecular complexity index is 393. The van der Waals surface area contributed by atoms with E-state index in [0.717, 1.165) is 18.0 Å². The topological polar surface area (TPSA) is 15.3 Å². The number of benzene rings is 1. The van der Waals surface area contributed by atoms with Crippen LogP contribution in [0, 0.1) is 0 Å². The van der Waals surface area contributed by atoms with Crippen LogP contribution < -0.4 is 5.32 Å². The molecule has 1 N–H and O–H groups in total. The van der Waals surface area contributed by atoms with Crippen molar-refractivity contribution in [2.75, 3.05) is 20.1 Å². The summed E-state index contributed by atoms with van der Waals surface area (Å²) in [5.74, 6) is 0. The molecular formula is C18H31ClN2. The minimum atomic E-state index is 0.325. The summed E-state index contributed by atoms with van der Waals surface area (Å²) in [5, 5.41) is 4.27. The van der Waals surface area contributed by atoms with Gasteiger partial charge in [0.2, 0.25) is 0 Å². The molecule has 0 heterocycles. The predicted molar refractivity (Wildman–Crippen MR) is 94.1 cm³/mol. The molecule has 0 radical (unpaired) electrons. The van der Waals surface area contributed by atoms with Gasteiger partial charge in [0.1, 0.15) is 0 Å². The lowest BCUT2D eigenvalue weighted by Crippen LogP contribution is -2.34. The van der Waals surface area contributed by atoms with Gasteiger partial charge in [-0.3, -0.25) is 0 Å². The lowest BCUT2D eigenvalue weighted by molar-refractivity contribution is 0.206. The molecule has 0 aromatic heterocycles. The van der Waals surface area contributed by atoms with E-state index < -0.39 is 0 Å². The third kappa shape index (κ3) is 6.37. The number of hydrogen-bond donors (Lipinski definition) is 1. The van der Waals surface area contributed by atoms with Crippen LogP contribution in [0.3, 0.4) is 0 Å². The molecule has 1 aromatic rings. The van der Waals surface area contributed by atoms with Gasteiger partial charge in [-0.15, -0.1) is 0 Å². The van der Waals surface area contributed by atoms with Crippen molar-refractivity contribution >= 4 is 11.6 Å². The van der Waals surface area contributed by atoms with Gasteiger partial charge in [-0.2, -0.15) is 0 Å². The minimum Gasteiger partial charge on any atom is -0.313 e. The highest BCUT2D eigenvalue weighted by Gasteiger charge is 2.15. The van der Waals surface area contributed by atoms with Crippen molar-refractivity contribution in [3.05, 3.63) is 34.9 Å². The molecule has 0 spiro atoms. The standard InChI is InChI=1S/C18H31ClN2/c1-5-6-9-13-21(15(2)3)14-12-18(20-4)16-10-7-8-11-17(16)19/h7-8,10-11,15,18,20H,5-6,9,12-14H2,1-4H3. The summed E-state index contributed by atoms with van der Waals surface area (Å²) in [6.07, 6.45) is 4.99. The Balaban J connectivity index is 2.58.